The minimum Gasteiger partial charge on any atom is -0.388 e. The lowest BCUT2D eigenvalue weighted by Crippen LogP contribution is -2.28. The van der Waals surface area contributed by atoms with E-state index in [2.05, 4.69) is 27.8 Å². The summed E-state index contributed by atoms with van der Waals surface area (Å²) in [6.07, 6.45) is 2.82. The van der Waals surface area contributed by atoms with E-state index in [1.165, 1.54) is 12.8 Å². The number of aliphatic hydroxyl groups excluding tert-OH is 1. The van der Waals surface area contributed by atoms with Crippen molar-refractivity contribution in [2.75, 3.05) is 13.1 Å². The van der Waals surface area contributed by atoms with E-state index in [0.29, 0.717) is 11.1 Å². The number of nitrogens with zero attached hydrogens (tertiary/aromatic N) is 1. The number of likely N-dealkylation sites (tertiary alicyclic amines) is 1. The van der Waals surface area contributed by atoms with Gasteiger partial charge in [-0.3, -0.25) is 0 Å². The Morgan fingerprint density at radius 3 is 2.94 bits per heavy atom. The lowest BCUT2D eigenvalue weighted by Gasteiger charge is -2.22. The molecule has 1 aromatic carbocycles. The van der Waals surface area contributed by atoms with Crippen molar-refractivity contribution in [2.24, 2.45) is 0 Å². The maximum atomic E-state index is 10.2. The minimum atomic E-state index is -0.474. The van der Waals surface area contributed by atoms with Crippen LogP contribution in [0.5, 0.6) is 0 Å². The molecule has 0 amide bonds. The van der Waals surface area contributed by atoms with Gasteiger partial charge >= 0.3 is 0 Å². The van der Waals surface area contributed by atoms with Gasteiger partial charge in [0, 0.05) is 22.1 Å². The SMILES string of the molecule is CC1CCCN1CCC(O)c1ccc(Br)cc1Cl. The highest BCUT2D eigenvalue weighted by atomic mass is 79.9. The summed E-state index contributed by atoms with van der Waals surface area (Å²) < 4.78 is 0.941. The predicted octanol–water partition coefficient (Wildman–Crippen LogP) is 4.01. The largest absolute Gasteiger partial charge is 0.388 e. The Bertz CT molecular complexity index is 413. The van der Waals surface area contributed by atoms with Crippen LogP contribution in [0.2, 0.25) is 5.02 Å². The summed E-state index contributed by atoms with van der Waals surface area (Å²) >= 11 is 9.52. The van der Waals surface area contributed by atoms with Crippen LogP contribution in [0.1, 0.15) is 37.9 Å². The van der Waals surface area contributed by atoms with Crippen LogP contribution >= 0.6 is 27.5 Å². The van der Waals surface area contributed by atoms with Crippen LogP contribution in [0.25, 0.3) is 0 Å². The number of benzene rings is 1. The maximum absolute atomic E-state index is 10.2. The summed E-state index contributed by atoms with van der Waals surface area (Å²) in [6.45, 7) is 4.35. The first-order valence-electron chi connectivity index (χ1n) is 6.45. The van der Waals surface area contributed by atoms with Crippen molar-refractivity contribution in [2.45, 2.75) is 38.3 Å². The van der Waals surface area contributed by atoms with Gasteiger partial charge in [-0.05, 0) is 50.4 Å². The van der Waals surface area contributed by atoms with Crippen molar-refractivity contribution in [3.8, 4) is 0 Å². The van der Waals surface area contributed by atoms with E-state index in [-0.39, 0.29) is 0 Å². The molecule has 0 bridgehead atoms. The zero-order valence-corrected chi connectivity index (χ0v) is 12.9. The standard InChI is InChI=1S/C14H19BrClNO/c1-10-3-2-7-17(10)8-6-14(18)12-5-4-11(15)9-13(12)16/h4-5,9-10,14,18H,2-3,6-8H2,1H3. The molecule has 0 aromatic heterocycles. The molecule has 1 aliphatic rings. The van der Waals surface area contributed by atoms with Gasteiger partial charge in [-0.2, -0.15) is 0 Å². The fourth-order valence-corrected chi connectivity index (χ4v) is 3.34. The molecule has 0 saturated carbocycles. The molecule has 18 heavy (non-hydrogen) atoms. The Morgan fingerprint density at radius 2 is 2.33 bits per heavy atom. The van der Waals surface area contributed by atoms with E-state index in [1.54, 1.807) is 0 Å². The Kier molecular flexibility index (Phi) is 5.07. The second-order valence-corrected chi connectivity index (χ2v) is 6.32. The summed E-state index contributed by atoms with van der Waals surface area (Å²) in [5.41, 5.74) is 0.826. The molecule has 1 N–H and O–H groups in total. The summed E-state index contributed by atoms with van der Waals surface area (Å²) in [7, 11) is 0. The number of aliphatic hydroxyl groups is 1. The van der Waals surface area contributed by atoms with Crippen molar-refractivity contribution in [1.82, 2.24) is 4.90 Å². The third kappa shape index (κ3) is 3.47. The second kappa shape index (κ2) is 6.38. The van der Waals surface area contributed by atoms with Crippen molar-refractivity contribution >= 4 is 27.5 Å². The molecular formula is C14H19BrClNO. The molecule has 1 saturated heterocycles. The average molecular weight is 333 g/mol. The highest BCUT2D eigenvalue weighted by molar-refractivity contribution is 9.10. The van der Waals surface area contributed by atoms with Gasteiger partial charge in [-0.25, -0.2) is 0 Å². The van der Waals surface area contributed by atoms with E-state index in [9.17, 15) is 5.11 Å². The van der Waals surface area contributed by atoms with Crippen LogP contribution in [0.4, 0.5) is 0 Å². The highest BCUT2D eigenvalue weighted by Crippen LogP contribution is 2.29. The fourth-order valence-electron chi connectivity index (χ4n) is 2.54. The third-order valence-corrected chi connectivity index (χ3v) is 4.52. The van der Waals surface area contributed by atoms with Gasteiger partial charge in [-0.1, -0.05) is 33.6 Å². The summed E-state index contributed by atoms with van der Waals surface area (Å²) in [6, 6.07) is 6.30. The molecule has 0 aliphatic carbocycles. The van der Waals surface area contributed by atoms with Gasteiger partial charge < -0.3 is 10.0 Å². The molecule has 0 spiro atoms. The van der Waals surface area contributed by atoms with E-state index in [4.69, 9.17) is 11.6 Å². The topological polar surface area (TPSA) is 23.5 Å². The van der Waals surface area contributed by atoms with Gasteiger partial charge in [0.05, 0.1) is 6.10 Å². The molecule has 100 valence electrons. The Hall–Kier alpha value is -0.0900. The van der Waals surface area contributed by atoms with Gasteiger partial charge in [0.2, 0.25) is 0 Å². The fraction of sp³-hybridized carbons (Fsp3) is 0.571. The van der Waals surface area contributed by atoms with Crippen LogP contribution in [0.3, 0.4) is 0 Å². The first kappa shape index (κ1) is 14.3. The van der Waals surface area contributed by atoms with E-state index in [0.717, 1.165) is 29.5 Å². The lowest BCUT2D eigenvalue weighted by molar-refractivity contribution is 0.140. The molecule has 1 fully saturated rings. The van der Waals surface area contributed by atoms with Gasteiger partial charge in [0.1, 0.15) is 0 Å². The van der Waals surface area contributed by atoms with E-state index in [1.807, 2.05) is 18.2 Å². The average Bonchev–Trinajstić information content (AvgIpc) is 2.72. The third-order valence-electron chi connectivity index (χ3n) is 3.70. The van der Waals surface area contributed by atoms with Gasteiger partial charge in [0.15, 0.2) is 0 Å². The van der Waals surface area contributed by atoms with Crippen molar-refractivity contribution < 1.29 is 5.11 Å². The normalized spacial score (nSPS) is 22.3. The van der Waals surface area contributed by atoms with Crippen LogP contribution in [-0.2, 0) is 0 Å². The molecule has 1 aromatic rings. The Morgan fingerprint density at radius 1 is 1.56 bits per heavy atom. The summed E-state index contributed by atoms with van der Waals surface area (Å²) in [5, 5.41) is 10.8. The molecule has 2 nitrogen and oxygen atoms in total. The quantitative estimate of drug-likeness (QED) is 0.900. The van der Waals surface area contributed by atoms with Crippen LogP contribution in [-0.4, -0.2) is 29.1 Å². The number of rotatable bonds is 4. The number of hydrogen-bond acceptors (Lipinski definition) is 2. The highest BCUT2D eigenvalue weighted by Gasteiger charge is 2.21. The molecule has 2 atom stereocenters. The summed E-state index contributed by atoms with van der Waals surface area (Å²) in [4.78, 5) is 2.44. The first-order chi connectivity index (χ1) is 8.58. The van der Waals surface area contributed by atoms with Crippen LogP contribution < -0.4 is 0 Å². The van der Waals surface area contributed by atoms with Crippen LogP contribution in [0, 0.1) is 0 Å². The Balaban J connectivity index is 1.93. The van der Waals surface area contributed by atoms with Crippen molar-refractivity contribution in [3.05, 3.63) is 33.3 Å². The van der Waals surface area contributed by atoms with Crippen LogP contribution in [0.15, 0.2) is 22.7 Å². The van der Waals surface area contributed by atoms with Crippen molar-refractivity contribution in [1.29, 1.82) is 0 Å². The van der Waals surface area contributed by atoms with Crippen molar-refractivity contribution in [3.63, 3.8) is 0 Å². The van der Waals surface area contributed by atoms with E-state index >= 15 is 0 Å². The zero-order valence-electron chi connectivity index (χ0n) is 10.6. The minimum absolute atomic E-state index is 0.474. The van der Waals surface area contributed by atoms with Gasteiger partial charge in [-0.15, -0.1) is 0 Å². The smallest absolute Gasteiger partial charge is 0.0816 e. The molecule has 2 unspecified atom stereocenters. The molecule has 1 heterocycles. The maximum Gasteiger partial charge on any atom is 0.0816 e. The molecule has 0 radical (unpaired) electrons. The molecule has 1 aliphatic heterocycles. The van der Waals surface area contributed by atoms with Gasteiger partial charge in [0.25, 0.3) is 0 Å². The zero-order chi connectivity index (χ0) is 13.1. The molecule has 4 heteroatoms. The summed E-state index contributed by atoms with van der Waals surface area (Å²) in [5.74, 6) is 0. The first-order valence-corrected chi connectivity index (χ1v) is 7.62. The monoisotopic (exact) mass is 331 g/mol. The lowest BCUT2D eigenvalue weighted by atomic mass is 10.1. The molecule has 2 rings (SSSR count). The number of halogens is 2. The predicted molar refractivity (Wildman–Crippen MR) is 79.0 cm³/mol. The number of hydrogen-bond donors (Lipinski definition) is 1. The van der Waals surface area contributed by atoms with E-state index < -0.39 is 6.10 Å². The second-order valence-electron chi connectivity index (χ2n) is 5.00. The Labute approximate surface area is 122 Å². The molecular weight excluding hydrogens is 314 g/mol.